The lowest BCUT2D eigenvalue weighted by molar-refractivity contribution is 0.584. The molecule has 14 heavy (non-hydrogen) atoms. The number of halogens is 1. The highest BCUT2D eigenvalue weighted by Gasteiger charge is 1.99. The highest BCUT2D eigenvalue weighted by atomic mass is 19.1. The standard InChI is InChI=1S/C10H8FN3/c1-7-12-5-9(6-13-7)8-2-3-10(11)14-4-8/h2-6H,1H3. The van der Waals surface area contributed by atoms with E-state index in [0.29, 0.717) is 5.82 Å². The molecule has 0 aromatic carbocycles. The van der Waals surface area contributed by atoms with Gasteiger partial charge in [0.15, 0.2) is 0 Å². The Kier molecular flexibility index (Phi) is 2.18. The molecule has 0 fully saturated rings. The molecule has 0 aliphatic rings. The molecule has 0 amide bonds. The molecule has 3 nitrogen and oxygen atoms in total. The van der Waals surface area contributed by atoms with Gasteiger partial charge in [0.2, 0.25) is 5.95 Å². The number of aromatic nitrogens is 3. The van der Waals surface area contributed by atoms with Gasteiger partial charge in [-0.1, -0.05) is 0 Å². The van der Waals surface area contributed by atoms with Crippen LogP contribution in [0.5, 0.6) is 0 Å². The van der Waals surface area contributed by atoms with Crippen LogP contribution >= 0.6 is 0 Å². The summed E-state index contributed by atoms with van der Waals surface area (Å²) >= 11 is 0. The maximum absolute atomic E-state index is 12.5. The summed E-state index contributed by atoms with van der Waals surface area (Å²) in [4.78, 5) is 11.6. The zero-order valence-corrected chi connectivity index (χ0v) is 7.61. The third-order valence-electron chi connectivity index (χ3n) is 1.84. The van der Waals surface area contributed by atoms with Crippen molar-refractivity contribution in [3.63, 3.8) is 0 Å². The highest BCUT2D eigenvalue weighted by Crippen LogP contribution is 2.15. The predicted octanol–water partition coefficient (Wildman–Crippen LogP) is 1.99. The quantitative estimate of drug-likeness (QED) is 0.644. The van der Waals surface area contributed by atoms with Crippen LogP contribution in [0.15, 0.2) is 30.7 Å². The zero-order chi connectivity index (χ0) is 9.97. The van der Waals surface area contributed by atoms with Crippen LogP contribution in [0.2, 0.25) is 0 Å². The summed E-state index contributed by atoms with van der Waals surface area (Å²) in [5, 5.41) is 0. The van der Waals surface area contributed by atoms with Crippen LogP contribution < -0.4 is 0 Å². The van der Waals surface area contributed by atoms with E-state index in [1.807, 2.05) is 6.92 Å². The van der Waals surface area contributed by atoms with Crippen molar-refractivity contribution < 1.29 is 4.39 Å². The summed E-state index contributed by atoms with van der Waals surface area (Å²) in [5.41, 5.74) is 1.65. The summed E-state index contributed by atoms with van der Waals surface area (Å²) in [6.07, 6.45) is 4.85. The van der Waals surface area contributed by atoms with Crippen LogP contribution in [0.1, 0.15) is 5.82 Å². The number of nitrogens with zero attached hydrogens (tertiary/aromatic N) is 3. The van der Waals surface area contributed by atoms with Gasteiger partial charge in [0.25, 0.3) is 0 Å². The van der Waals surface area contributed by atoms with Crippen molar-refractivity contribution in [1.29, 1.82) is 0 Å². The fourth-order valence-corrected chi connectivity index (χ4v) is 1.09. The second-order valence-electron chi connectivity index (χ2n) is 2.89. The first kappa shape index (κ1) is 8.74. The van der Waals surface area contributed by atoms with Crippen LogP contribution in [0.25, 0.3) is 11.1 Å². The van der Waals surface area contributed by atoms with Crippen LogP contribution in [-0.2, 0) is 0 Å². The van der Waals surface area contributed by atoms with Crippen LogP contribution in [0.4, 0.5) is 4.39 Å². The second kappa shape index (κ2) is 3.49. The topological polar surface area (TPSA) is 38.7 Å². The van der Waals surface area contributed by atoms with Gasteiger partial charge in [-0.25, -0.2) is 15.0 Å². The first-order chi connectivity index (χ1) is 6.75. The van der Waals surface area contributed by atoms with E-state index in [2.05, 4.69) is 15.0 Å². The Bertz CT molecular complexity index is 379. The zero-order valence-electron chi connectivity index (χ0n) is 7.61. The lowest BCUT2D eigenvalue weighted by Gasteiger charge is -1.99. The monoisotopic (exact) mass is 189 g/mol. The minimum Gasteiger partial charge on any atom is -0.241 e. The van der Waals surface area contributed by atoms with E-state index in [1.165, 1.54) is 12.3 Å². The first-order valence-corrected chi connectivity index (χ1v) is 4.16. The largest absolute Gasteiger partial charge is 0.241 e. The van der Waals surface area contributed by atoms with Crippen LogP contribution in [0, 0.1) is 12.9 Å². The normalized spacial score (nSPS) is 10.1. The molecule has 0 bridgehead atoms. The Morgan fingerprint density at radius 3 is 2.14 bits per heavy atom. The minimum absolute atomic E-state index is 0.484. The Balaban J connectivity index is 2.40. The fraction of sp³-hybridized carbons (Fsp3) is 0.100. The lowest BCUT2D eigenvalue weighted by Crippen LogP contribution is -1.89. The molecule has 0 radical (unpaired) electrons. The van der Waals surface area contributed by atoms with Gasteiger partial charge < -0.3 is 0 Å². The van der Waals surface area contributed by atoms with Crippen molar-refractivity contribution in [3.8, 4) is 11.1 Å². The minimum atomic E-state index is -0.484. The van der Waals surface area contributed by atoms with Gasteiger partial charge in [-0.2, -0.15) is 4.39 Å². The maximum Gasteiger partial charge on any atom is 0.212 e. The van der Waals surface area contributed by atoms with Gasteiger partial charge in [0, 0.05) is 29.7 Å². The van der Waals surface area contributed by atoms with E-state index in [1.54, 1.807) is 18.5 Å². The van der Waals surface area contributed by atoms with Crippen molar-refractivity contribution in [3.05, 3.63) is 42.5 Å². The lowest BCUT2D eigenvalue weighted by atomic mass is 10.1. The van der Waals surface area contributed by atoms with Crippen molar-refractivity contribution >= 4 is 0 Å². The molecule has 0 aliphatic carbocycles. The van der Waals surface area contributed by atoms with Crippen molar-refractivity contribution in [2.24, 2.45) is 0 Å². The summed E-state index contributed by atoms with van der Waals surface area (Å²) in [6.45, 7) is 1.81. The summed E-state index contributed by atoms with van der Waals surface area (Å²) in [5.74, 6) is 0.227. The Labute approximate surface area is 80.7 Å². The third-order valence-corrected chi connectivity index (χ3v) is 1.84. The highest BCUT2D eigenvalue weighted by molar-refractivity contribution is 5.59. The van der Waals surface area contributed by atoms with E-state index in [9.17, 15) is 4.39 Å². The molecule has 0 N–H and O–H groups in total. The van der Waals surface area contributed by atoms with Gasteiger partial charge in [-0.15, -0.1) is 0 Å². The van der Waals surface area contributed by atoms with Crippen molar-refractivity contribution in [2.75, 3.05) is 0 Å². The molecule has 0 spiro atoms. The summed E-state index contributed by atoms with van der Waals surface area (Å²) < 4.78 is 12.5. The molecule has 0 saturated heterocycles. The number of pyridine rings is 1. The average Bonchev–Trinajstić information content (AvgIpc) is 2.21. The van der Waals surface area contributed by atoms with Gasteiger partial charge in [0.05, 0.1) is 0 Å². The second-order valence-corrected chi connectivity index (χ2v) is 2.89. The molecule has 0 atom stereocenters. The third kappa shape index (κ3) is 1.74. The number of aryl methyl sites for hydroxylation is 1. The molecular formula is C10H8FN3. The van der Waals surface area contributed by atoms with E-state index < -0.39 is 5.95 Å². The van der Waals surface area contributed by atoms with Crippen molar-refractivity contribution in [1.82, 2.24) is 15.0 Å². The van der Waals surface area contributed by atoms with Gasteiger partial charge in [0.1, 0.15) is 5.82 Å². The molecule has 0 aliphatic heterocycles. The van der Waals surface area contributed by atoms with Gasteiger partial charge in [-0.05, 0) is 19.1 Å². The molecule has 70 valence electrons. The fourth-order valence-electron chi connectivity index (χ4n) is 1.09. The van der Waals surface area contributed by atoms with E-state index >= 15 is 0 Å². The molecule has 2 heterocycles. The molecule has 0 unspecified atom stereocenters. The van der Waals surface area contributed by atoms with E-state index in [4.69, 9.17) is 0 Å². The molecule has 2 rings (SSSR count). The molecule has 2 aromatic rings. The predicted molar refractivity (Wildman–Crippen MR) is 50.0 cm³/mol. The van der Waals surface area contributed by atoms with Crippen molar-refractivity contribution in [2.45, 2.75) is 6.92 Å². The van der Waals surface area contributed by atoms with E-state index in [-0.39, 0.29) is 0 Å². The van der Waals surface area contributed by atoms with Gasteiger partial charge in [-0.3, -0.25) is 0 Å². The number of rotatable bonds is 1. The number of hydrogen-bond acceptors (Lipinski definition) is 3. The molecular weight excluding hydrogens is 181 g/mol. The molecule has 0 saturated carbocycles. The Morgan fingerprint density at radius 2 is 1.57 bits per heavy atom. The molecule has 2 aromatic heterocycles. The Hall–Kier alpha value is -1.84. The Morgan fingerprint density at radius 1 is 0.929 bits per heavy atom. The van der Waals surface area contributed by atoms with Crippen LogP contribution in [0.3, 0.4) is 0 Å². The maximum atomic E-state index is 12.5. The SMILES string of the molecule is Cc1ncc(-c2ccc(F)nc2)cn1. The average molecular weight is 189 g/mol. The molecule has 4 heteroatoms. The van der Waals surface area contributed by atoms with Gasteiger partial charge >= 0.3 is 0 Å². The van der Waals surface area contributed by atoms with Crippen LogP contribution in [-0.4, -0.2) is 15.0 Å². The summed E-state index contributed by atoms with van der Waals surface area (Å²) in [7, 11) is 0. The van der Waals surface area contributed by atoms with E-state index in [0.717, 1.165) is 11.1 Å². The first-order valence-electron chi connectivity index (χ1n) is 4.16. The number of hydrogen-bond donors (Lipinski definition) is 0. The smallest absolute Gasteiger partial charge is 0.212 e. The summed E-state index contributed by atoms with van der Waals surface area (Å²) in [6, 6.07) is 2.96.